The van der Waals surface area contributed by atoms with E-state index >= 15 is 0 Å². The first-order valence-electron chi connectivity index (χ1n) is 7.00. The molecule has 0 aliphatic heterocycles. The molecule has 2 N–H and O–H groups in total. The minimum absolute atomic E-state index is 0.0583. The number of anilines is 1. The Labute approximate surface area is 133 Å². The molecule has 0 radical (unpaired) electrons. The Bertz CT molecular complexity index is 615. The van der Waals surface area contributed by atoms with Crippen LogP contribution < -0.4 is 10.6 Å². The maximum absolute atomic E-state index is 14.0. The minimum atomic E-state index is -0.174. The fraction of sp³-hybridized carbons (Fsp3) is 0.294. The second-order valence-corrected chi connectivity index (χ2v) is 6.04. The molecule has 0 aromatic heterocycles. The highest BCUT2D eigenvalue weighted by Crippen LogP contribution is 2.31. The van der Waals surface area contributed by atoms with Gasteiger partial charge in [-0.3, -0.25) is 0 Å². The van der Waals surface area contributed by atoms with Crippen LogP contribution in [0, 0.1) is 5.82 Å². The van der Waals surface area contributed by atoms with Crippen LogP contribution in [0.2, 0.25) is 0 Å². The molecule has 2 aromatic rings. The molecule has 0 bridgehead atoms. The summed E-state index contributed by atoms with van der Waals surface area (Å²) in [6.07, 6.45) is 0.803. The van der Waals surface area contributed by atoms with E-state index in [9.17, 15) is 4.39 Å². The van der Waals surface area contributed by atoms with Gasteiger partial charge in [0.15, 0.2) is 0 Å². The third kappa shape index (κ3) is 3.63. The van der Waals surface area contributed by atoms with Gasteiger partial charge >= 0.3 is 0 Å². The molecule has 2 nitrogen and oxygen atoms in total. The molecule has 112 valence electrons. The van der Waals surface area contributed by atoms with Crippen molar-refractivity contribution in [1.82, 2.24) is 0 Å². The molecule has 21 heavy (non-hydrogen) atoms. The van der Waals surface area contributed by atoms with Crippen molar-refractivity contribution in [2.75, 3.05) is 18.5 Å². The van der Waals surface area contributed by atoms with E-state index in [4.69, 9.17) is 5.73 Å². The van der Waals surface area contributed by atoms with Crippen molar-refractivity contribution in [3.05, 3.63) is 63.9 Å². The standard InChI is InChI=1S/C17H20BrFN2/c1-12(15-5-3-4-6-16(15)19)21(2)17-11-14(18)8-7-13(17)9-10-20/h3-8,11-12H,9-10,20H2,1-2H3. The molecule has 2 rings (SSSR count). The molecular formula is C17H20BrFN2. The van der Waals surface area contributed by atoms with Crippen molar-refractivity contribution in [2.24, 2.45) is 5.73 Å². The van der Waals surface area contributed by atoms with Gasteiger partial charge in [0, 0.05) is 22.8 Å². The molecule has 1 unspecified atom stereocenters. The molecule has 1 atom stereocenters. The van der Waals surface area contributed by atoms with Gasteiger partial charge in [-0.1, -0.05) is 40.2 Å². The van der Waals surface area contributed by atoms with Gasteiger partial charge in [-0.2, -0.15) is 0 Å². The Hall–Kier alpha value is -1.39. The molecule has 0 aliphatic rings. The molecule has 0 heterocycles. The molecule has 4 heteroatoms. The molecular weight excluding hydrogens is 331 g/mol. The minimum Gasteiger partial charge on any atom is -0.367 e. The van der Waals surface area contributed by atoms with Gasteiger partial charge in [-0.05, 0) is 43.7 Å². The van der Waals surface area contributed by atoms with Crippen LogP contribution in [0.4, 0.5) is 10.1 Å². The molecule has 0 amide bonds. The largest absolute Gasteiger partial charge is 0.367 e. The van der Waals surface area contributed by atoms with Crippen LogP contribution >= 0.6 is 15.9 Å². The van der Waals surface area contributed by atoms with Crippen molar-refractivity contribution in [3.8, 4) is 0 Å². The third-order valence-corrected chi connectivity index (χ3v) is 4.27. The van der Waals surface area contributed by atoms with Crippen molar-refractivity contribution in [1.29, 1.82) is 0 Å². The average Bonchev–Trinajstić information content (AvgIpc) is 2.48. The van der Waals surface area contributed by atoms with Gasteiger partial charge in [-0.15, -0.1) is 0 Å². The molecule has 0 fully saturated rings. The second-order valence-electron chi connectivity index (χ2n) is 5.12. The van der Waals surface area contributed by atoms with E-state index in [1.165, 1.54) is 11.6 Å². The number of halogens is 2. The van der Waals surface area contributed by atoms with Crippen LogP contribution in [0.15, 0.2) is 46.9 Å². The summed E-state index contributed by atoms with van der Waals surface area (Å²) in [5.41, 5.74) is 8.63. The smallest absolute Gasteiger partial charge is 0.128 e. The Kier molecular flexibility index (Phi) is 5.37. The number of hydrogen-bond acceptors (Lipinski definition) is 2. The van der Waals surface area contributed by atoms with Crippen LogP contribution in [0.3, 0.4) is 0 Å². The van der Waals surface area contributed by atoms with E-state index in [2.05, 4.69) is 33.0 Å². The summed E-state index contributed by atoms with van der Waals surface area (Å²) < 4.78 is 15.0. The highest BCUT2D eigenvalue weighted by atomic mass is 79.9. The number of hydrogen-bond donors (Lipinski definition) is 1. The summed E-state index contributed by atoms with van der Waals surface area (Å²) in [5, 5.41) is 0. The molecule has 0 saturated heterocycles. The Morgan fingerprint density at radius 2 is 1.95 bits per heavy atom. The lowest BCUT2D eigenvalue weighted by atomic mass is 10.0. The van der Waals surface area contributed by atoms with Crippen LogP contribution in [0.1, 0.15) is 24.1 Å². The summed E-state index contributed by atoms with van der Waals surface area (Å²) in [7, 11) is 1.99. The lowest BCUT2D eigenvalue weighted by Crippen LogP contribution is -2.24. The Morgan fingerprint density at radius 1 is 1.24 bits per heavy atom. The van der Waals surface area contributed by atoms with Crippen LogP contribution in [0.25, 0.3) is 0 Å². The van der Waals surface area contributed by atoms with Crippen LogP contribution in [-0.4, -0.2) is 13.6 Å². The Morgan fingerprint density at radius 3 is 2.62 bits per heavy atom. The van der Waals surface area contributed by atoms with Gasteiger partial charge < -0.3 is 10.6 Å². The molecule has 0 spiro atoms. The van der Waals surface area contributed by atoms with E-state index in [0.29, 0.717) is 12.1 Å². The van der Waals surface area contributed by atoms with Crippen molar-refractivity contribution >= 4 is 21.6 Å². The van der Waals surface area contributed by atoms with Gasteiger partial charge in [0.2, 0.25) is 0 Å². The van der Waals surface area contributed by atoms with Gasteiger partial charge in [0.05, 0.1) is 6.04 Å². The quantitative estimate of drug-likeness (QED) is 0.871. The fourth-order valence-electron chi connectivity index (χ4n) is 2.46. The second kappa shape index (κ2) is 7.05. The summed E-state index contributed by atoms with van der Waals surface area (Å²) in [4.78, 5) is 2.09. The van der Waals surface area contributed by atoms with Crippen molar-refractivity contribution in [3.63, 3.8) is 0 Å². The lowest BCUT2D eigenvalue weighted by molar-refractivity contribution is 0.585. The summed E-state index contributed by atoms with van der Waals surface area (Å²) in [6, 6.07) is 13.0. The SMILES string of the molecule is CC(c1ccccc1F)N(C)c1cc(Br)ccc1CCN. The maximum atomic E-state index is 14.0. The Balaban J connectivity index is 2.37. The monoisotopic (exact) mass is 350 g/mol. The first kappa shape index (κ1) is 16.0. The number of rotatable bonds is 5. The molecule has 0 aliphatic carbocycles. The number of benzene rings is 2. The van der Waals surface area contributed by atoms with E-state index < -0.39 is 0 Å². The van der Waals surface area contributed by atoms with Crippen LogP contribution in [0.5, 0.6) is 0 Å². The van der Waals surface area contributed by atoms with Crippen molar-refractivity contribution in [2.45, 2.75) is 19.4 Å². The van der Waals surface area contributed by atoms with E-state index in [-0.39, 0.29) is 11.9 Å². The zero-order chi connectivity index (χ0) is 15.4. The highest BCUT2D eigenvalue weighted by molar-refractivity contribution is 9.10. The lowest BCUT2D eigenvalue weighted by Gasteiger charge is -2.30. The normalized spacial score (nSPS) is 12.2. The van der Waals surface area contributed by atoms with Crippen LogP contribution in [-0.2, 0) is 6.42 Å². The average molecular weight is 351 g/mol. The zero-order valence-electron chi connectivity index (χ0n) is 12.3. The molecule has 0 saturated carbocycles. The third-order valence-electron chi connectivity index (χ3n) is 3.78. The maximum Gasteiger partial charge on any atom is 0.128 e. The van der Waals surface area contributed by atoms with Gasteiger partial charge in [-0.25, -0.2) is 4.39 Å². The highest BCUT2D eigenvalue weighted by Gasteiger charge is 2.18. The van der Waals surface area contributed by atoms with E-state index in [1.54, 1.807) is 6.07 Å². The summed E-state index contributed by atoms with van der Waals surface area (Å²) >= 11 is 3.50. The first-order chi connectivity index (χ1) is 10.0. The topological polar surface area (TPSA) is 29.3 Å². The number of nitrogens with zero attached hydrogens (tertiary/aromatic N) is 1. The predicted octanol–water partition coefficient (Wildman–Crippen LogP) is 4.29. The first-order valence-corrected chi connectivity index (χ1v) is 7.79. The predicted molar refractivity (Wildman–Crippen MR) is 90.1 cm³/mol. The summed E-state index contributed by atoms with van der Waals surface area (Å²) in [6.45, 7) is 2.60. The van der Waals surface area contributed by atoms with Gasteiger partial charge in [0.25, 0.3) is 0 Å². The number of nitrogens with two attached hydrogens (primary N) is 1. The summed E-state index contributed by atoms with van der Waals surface area (Å²) in [5.74, 6) is -0.174. The van der Waals surface area contributed by atoms with E-state index in [1.807, 2.05) is 32.2 Å². The van der Waals surface area contributed by atoms with Gasteiger partial charge in [0.1, 0.15) is 5.82 Å². The molecule has 2 aromatic carbocycles. The zero-order valence-corrected chi connectivity index (χ0v) is 13.9. The fourth-order valence-corrected chi connectivity index (χ4v) is 2.81. The van der Waals surface area contributed by atoms with Crippen molar-refractivity contribution < 1.29 is 4.39 Å². The van der Waals surface area contributed by atoms with E-state index in [0.717, 1.165) is 16.6 Å².